The fourth-order valence-electron chi connectivity index (χ4n) is 2.03. The van der Waals surface area contributed by atoms with Gasteiger partial charge in [-0.2, -0.15) is 0 Å². The van der Waals surface area contributed by atoms with Gasteiger partial charge in [-0.1, -0.05) is 18.1 Å². The van der Waals surface area contributed by atoms with Crippen LogP contribution in [-0.4, -0.2) is 27.6 Å². The monoisotopic (exact) mass is 274 g/mol. The Balaban J connectivity index is 2.66. The third-order valence-corrected chi connectivity index (χ3v) is 5.61. The molecule has 0 aromatic rings. The predicted molar refractivity (Wildman–Crippen MR) is 74.8 cm³/mol. The van der Waals surface area contributed by atoms with Gasteiger partial charge in [0.15, 0.2) is 0 Å². The second kappa shape index (κ2) is 5.83. The van der Waals surface area contributed by atoms with E-state index in [1.165, 1.54) is 0 Å². The van der Waals surface area contributed by atoms with Crippen molar-refractivity contribution in [3.63, 3.8) is 0 Å². The average Bonchev–Trinajstić information content (AvgIpc) is 2.28. The molecular weight excluding hydrogens is 248 g/mol. The van der Waals surface area contributed by atoms with Crippen molar-refractivity contribution in [2.45, 2.75) is 59.5 Å². The van der Waals surface area contributed by atoms with E-state index in [0.29, 0.717) is 5.75 Å². The normalized spacial score (nSPS) is 25.9. The van der Waals surface area contributed by atoms with Crippen molar-refractivity contribution in [3.05, 3.63) is 0 Å². The summed E-state index contributed by atoms with van der Waals surface area (Å²) >= 11 is -0.746. The Hall–Kier alpha value is -0.220. The lowest BCUT2D eigenvalue weighted by Gasteiger charge is -2.38. The molecule has 0 aromatic carbocycles. The van der Waals surface area contributed by atoms with Crippen LogP contribution in [0.1, 0.15) is 53.9 Å². The standard InChI is InChI=1S/C14H26O3S/c1-6-13(2,3)12(15)17-14(4,5)11-8-7-9-18(16)10-11/h11H,6-10H2,1-5H3. The Kier molecular flexibility index (Phi) is 5.13. The molecule has 1 rings (SSSR count). The van der Waals surface area contributed by atoms with Gasteiger partial charge in [0.05, 0.1) is 5.41 Å². The maximum atomic E-state index is 12.1. The minimum absolute atomic E-state index is 0.147. The predicted octanol–water partition coefficient (Wildman–Crippen LogP) is 2.90. The van der Waals surface area contributed by atoms with Crippen LogP contribution in [0.5, 0.6) is 0 Å². The van der Waals surface area contributed by atoms with Crippen molar-refractivity contribution in [3.8, 4) is 0 Å². The largest absolute Gasteiger partial charge is 0.616 e. The molecule has 0 aromatic heterocycles. The molecule has 1 fully saturated rings. The molecule has 0 saturated carbocycles. The molecule has 106 valence electrons. The SMILES string of the molecule is CCC(C)(C)C(=O)OC(C)(C)C1CCC[S+]([O-])C1. The zero-order chi connectivity index (χ0) is 14.0. The quantitative estimate of drug-likeness (QED) is 0.585. The van der Waals surface area contributed by atoms with Gasteiger partial charge in [0.1, 0.15) is 17.1 Å². The van der Waals surface area contributed by atoms with Crippen molar-refractivity contribution >= 4 is 17.1 Å². The number of rotatable bonds is 4. The molecule has 0 N–H and O–H groups in total. The molecule has 0 amide bonds. The van der Waals surface area contributed by atoms with Crippen molar-refractivity contribution < 1.29 is 14.1 Å². The number of ether oxygens (including phenoxy) is 1. The Morgan fingerprint density at radius 2 is 2.00 bits per heavy atom. The molecular formula is C14H26O3S. The van der Waals surface area contributed by atoms with Crippen LogP contribution in [0.25, 0.3) is 0 Å². The maximum Gasteiger partial charge on any atom is 0.312 e. The van der Waals surface area contributed by atoms with Crippen LogP contribution in [0.15, 0.2) is 0 Å². The first-order valence-electron chi connectivity index (χ1n) is 6.77. The summed E-state index contributed by atoms with van der Waals surface area (Å²) < 4.78 is 17.3. The van der Waals surface area contributed by atoms with Gasteiger partial charge in [-0.05, 0) is 47.0 Å². The van der Waals surface area contributed by atoms with E-state index in [0.717, 1.165) is 25.0 Å². The molecule has 2 unspecified atom stereocenters. The summed E-state index contributed by atoms with van der Waals surface area (Å²) in [4.78, 5) is 12.1. The van der Waals surface area contributed by atoms with E-state index in [9.17, 15) is 9.35 Å². The van der Waals surface area contributed by atoms with E-state index in [4.69, 9.17) is 4.74 Å². The summed E-state index contributed by atoms with van der Waals surface area (Å²) in [6.45, 7) is 9.70. The third-order valence-electron chi connectivity index (χ3n) is 4.09. The van der Waals surface area contributed by atoms with Gasteiger partial charge in [0.2, 0.25) is 0 Å². The zero-order valence-electron chi connectivity index (χ0n) is 12.2. The van der Waals surface area contributed by atoms with E-state index in [2.05, 4.69) is 0 Å². The lowest BCUT2D eigenvalue weighted by Crippen LogP contribution is -2.45. The summed E-state index contributed by atoms with van der Waals surface area (Å²) in [6, 6.07) is 0. The van der Waals surface area contributed by atoms with Gasteiger partial charge in [-0.25, -0.2) is 0 Å². The number of hydrogen-bond donors (Lipinski definition) is 0. The van der Waals surface area contributed by atoms with Crippen molar-refractivity contribution in [2.75, 3.05) is 11.5 Å². The first kappa shape index (κ1) is 15.8. The van der Waals surface area contributed by atoms with Gasteiger partial charge in [-0.15, -0.1) is 0 Å². The van der Waals surface area contributed by atoms with Gasteiger partial charge in [-0.3, -0.25) is 4.79 Å². The highest BCUT2D eigenvalue weighted by Crippen LogP contribution is 2.33. The highest BCUT2D eigenvalue weighted by Gasteiger charge is 2.41. The summed E-state index contributed by atoms with van der Waals surface area (Å²) in [5.41, 5.74) is -0.954. The molecule has 3 nitrogen and oxygen atoms in total. The van der Waals surface area contributed by atoms with Crippen LogP contribution in [0.3, 0.4) is 0 Å². The van der Waals surface area contributed by atoms with Crippen molar-refractivity contribution in [1.29, 1.82) is 0 Å². The van der Waals surface area contributed by atoms with E-state index < -0.39 is 22.2 Å². The van der Waals surface area contributed by atoms with E-state index in [-0.39, 0.29) is 11.9 Å². The number of carbonyl (C=O) groups is 1. The highest BCUT2D eigenvalue weighted by atomic mass is 32.2. The van der Waals surface area contributed by atoms with Crippen LogP contribution in [0.2, 0.25) is 0 Å². The fraction of sp³-hybridized carbons (Fsp3) is 0.929. The van der Waals surface area contributed by atoms with Crippen LogP contribution < -0.4 is 0 Å². The van der Waals surface area contributed by atoms with E-state index in [1.807, 2.05) is 34.6 Å². The number of hydrogen-bond acceptors (Lipinski definition) is 3. The molecule has 0 spiro atoms. The van der Waals surface area contributed by atoms with Crippen LogP contribution in [-0.2, 0) is 20.7 Å². The smallest absolute Gasteiger partial charge is 0.312 e. The first-order valence-corrected chi connectivity index (χ1v) is 8.26. The van der Waals surface area contributed by atoms with Gasteiger partial charge >= 0.3 is 5.97 Å². The van der Waals surface area contributed by atoms with Crippen molar-refractivity contribution in [2.24, 2.45) is 11.3 Å². The maximum absolute atomic E-state index is 12.1. The first-order chi connectivity index (χ1) is 8.19. The Morgan fingerprint density at radius 1 is 1.39 bits per heavy atom. The van der Waals surface area contributed by atoms with E-state index >= 15 is 0 Å². The molecule has 0 radical (unpaired) electrons. The van der Waals surface area contributed by atoms with Crippen LogP contribution in [0.4, 0.5) is 0 Å². The third kappa shape index (κ3) is 3.89. The van der Waals surface area contributed by atoms with Gasteiger partial charge in [0.25, 0.3) is 0 Å². The van der Waals surface area contributed by atoms with E-state index in [1.54, 1.807) is 0 Å². The summed E-state index contributed by atoms with van der Waals surface area (Å²) in [7, 11) is 0. The average molecular weight is 274 g/mol. The summed E-state index contributed by atoms with van der Waals surface area (Å²) in [6.07, 6.45) is 2.73. The van der Waals surface area contributed by atoms with Gasteiger partial charge in [0, 0.05) is 5.92 Å². The lowest BCUT2D eigenvalue weighted by molar-refractivity contribution is -0.172. The second-order valence-electron chi connectivity index (χ2n) is 6.38. The van der Waals surface area contributed by atoms with Crippen molar-refractivity contribution in [1.82, 2.24) is 0 Å². The molecule has 2 atom stereocenters. The van der Waals surface area contributed by atoms with Gasteiger partial charge < -0.3 is 9.29 Å². The molecule has 1 saturated heterocycles. The lowest BCUT2D eigenvalue weighted by atomic mass is 9.86. The molecule has 0 aliphatic carbocycles. The highest BCUT2D eigenvalue weighted by molar-refractivity contribution is 7.91. The molecule has 1 aliphatic rings. The second-order valence-corrected chi connectivity index (χ2v) is 8.00. The Bertz CT molecular complexity index is 299. The molecule has 1 aliphatic heterocycles. The molecule has 18 heavy (non-hydrogen) atoms. The Labute approximate surface area is 114 Å². The molecule has 0 bridgehead atoms. The topological polar surface area (TPSA) is 49.4 Å². The zero-order valence-corrected chi connectivity index (χ0v) is 13.1. The molecule has 1 heterocycles. The minimum atomic E-state index is -0.746. The van der Waals surface area contributed by atoms with Crippen LogP contribution in [0, 0.1) is 11.3 Å². The summed E-state index contributed by atoms with van der Waals surface area (Å²) in [5.74, 6) is 1.52. The minimum Gasteiger partial charge on any atom is -0.616 e. The van der Waals surface area contributed by atoms with Crippen LogP contribution >= 0.6 is 0 Å². The summed E-state index contributed by atoms with van der Waals surface area (Å²) in [5, 5.41) is 0. The number of esters is 1. The Morgan fingerprint density at radius 3 is 2.50 bits per heavy atom. The molecule has 4 heteroatoms. The number of carbonyl (C=O) groups excluding carboxylic acids is 1. The fourth-order valence-corrected chi connectivity index (χ4v) is 3.71.